The first-order chi connectivity index (χ1) is 14.3. The number of ketones is 1. The molecule has 0 aliphatic rings. The fraction of sp³-hybridized carbons (Fsp3) is 0.304. The van der Waals surface area contributed by atoms with E-state index >= 15 is 0 Å². The number of aromatic nitrogens is 4. The molecule has 0 fully saturated rings. The molecule has 0 N–H and O–H groups in total. The fourth-order valence-electron chi connectivity index (χ4n) is 3.76. The van der Waals surface area contributed by atoms with E-state index in [0.717, 1.165) is 15.8 Å². The molecule has 0 aliphatic heterocycles. The third kappa shape index (κ3) is 3.26. The Morgan fingerprint density at radius 2 is 1.80 bits per heavy atom. The summed E-state index contributed by atoms with van der Waals surface area (Å²) in [5.74, 6) is 0.249. The Kier molecular flexibility index (Phi) is 4.89. The summed E-state index contributed by atoms with van der Waals surface area (Å²) >= 11 is 0. The number of nitrogens with zero attached hydrogens (tertiary/aromatic N) is 4. The second-order valence-corrected chi connectivity index (χ2v) is 8.14. The Morgan fingerprint density at radius 3 is 2.53 bits per heavy atom. The van der Waals surface area contributed by atoms with E-state index in [1.165, 1.54) is 8.97 Å². The van der Waals surface area contributed by atoms with Gasteiger partial charge >= 0.3 is 5.69 Å². The van der Waals surface area contributed by atoms with Crippen LogP contribution in [0.5, 0.6) is 0 Å². The van der Waals surface area contributed by atoms with Crippen LogP contribution in [0.25, 0.3) is 16.7 Å². The number of carbonyl (C=O) groups is 1. The minimum atomic E-state index is -0.433. The van der Waals surface area contributed by atoms with Crippen molar-refractivity contribution in [2.24, 2.45) is 5.92 Å². The number of fused-ring (bicyclic) bond motifs is 3. The predicted octanol–water partition coefficient (Wildman–Crippen LogP) is 2.97. The Bertz CT molecular complexity index is 1410. The van der Waals surface area contributed by atoms with Crippen molar-refractivity contribution in [1.82, 2.24) is 18.7 Å². The SMILES string of the molecule is Cc1ccc(C)c(C(=O)Cn2nc3n(CC(C)C)c(=O)c4ccccc4n3c2=O)c1. The van der Waals surface area contributed by atoms with Gasteiger partial charge < -0.3 is 0 Å². The Hall–Kier alpha value is -3.48. The first kappa shape index (κ1) is 19.8. The van der Waals surface area contributed by atoms with Crippen LogP contribution in [0.4, 0.5) is 0 Å². The number of para-hydroxylation sites is 1. The second-order valence-electron chi connectivity index (χ2n) is 8.14. The molecule has 0 amide bonds. The van der Waals surface area contributed by atoms with Crippen LogP contribution in [0.15, 0.2) is 52.1 Å². The van der Waals surface area contributed by atoms with E-state index in [-0.39, 0.29) is 29.6 Å². The number of hydrogen-bond donors (Lipinski definition) is 0. The Morgan fingerprint density at radius 1 is 1.07 bits per heavy atom. The first-order valence-corrected chi connectivity index (χ1v) is 9.99. The van der Waals surface area contributed by atoms with Crippen LogP contribution < -0.4 is 11.2 Å². The molecule has 0 saturated heterocycles. The van der Waals surface area contributed by atoms with Gasteiger partial charge in [0.1, 0.15) is 6.54 Å². The van der Waals surface area contributed by atoms with Gasteiger partial charge in [-0.05, 0) is 43.5 Å². The summed E-state index contributed by atoms with van der Waals surface area (Å²) < 4.78 is 4.10. The van der Waals surface area contributed by atoms with Gasteiger partial charge in [-0.2, -0.15) is 0 Å². The topological polar surface area (TPSA) is 78.4 Å². The summed E-state index contributed by atoms with van der Waals surface area (Å²) in [6, 6.07) is 12.6. The van der Waals surface area contributed by atoms with Crippen LogP contribution in [0, 0.1) is 19.8 Å². The fourth-order valence-corrected chi connectivity index (χ4v) is 3.76. The molecule has 4 aromatic rings. The summed E-state index contributed by atoms with van der Waals surface area (Å²) in [6.45, 7) is 8.02. The van der Waals surface area contributed by atoms with Crippen molar-refractivity contribution in [2.75, 3.05) is 0 Å². The van der Waals surface area contributed by atoms with Crippen molar-refractivity contribution in [3.63, 3.8) is 0 Å². The highest BCUT2D eigenvalue weighted by atomic mass is 16.2. The highest BCUT2D eigenvalue weighted by Crippen LogP contribution is 2.14. The highest BCUT2D eigenvalue weighted by Gasteiger charge is 2.20. The summed E-state index contributed by atoms with van der Waals surface area (Å²) in [5.41, 5.74) is 2.27. The van der Waals surface area contributed by atoms with Gasteiger partial charge in [0.25, 0.3) is 5.56 Å². The van der Waals surface area contributed by atoms with E-state index in [2.05, 4.69) is 5.10 Å². The zero-order chi connectivity index (χ0) is 21.6. The summed E-state index contributed by atoms with van der Waals surface area (Å²) in [7, 11) is 0. The molecule has 0 radical (unpaired) electrons. The molecule has 30 heavy (non-hydrogen) atoms. The van der Waals surface area contributed by atoms with Crippen molar-refractivity contribution in [2.45, 2.75) is 40.8 Å². The third-order valence-corrected chi connectivity index (χ3v) is 5.22. The summed E-state index contributed by atoms with van der Waals surface area (Å²) in [6.07, 6.45) is 0. The number of carbonyl (C=O) groups excluding carboxylic acids is 1. The lowest BCUT2D eigenvalue weighted by Crippen LogP contribution is -2.28. The molecule has 7 heteroatoms. The molecule has 7 nitrogen and oxygen atoms in total. The lowest BCUT2D eigenvalue weighted by Gasteiger charge is -2.11. The molecule has 0 atom stereocenters. The molecular formula is C23H24N4O3. The Labute approximate surface area is 173 Å². The lowest BCUT2D eigenvalue weighted by molar-refractivity contribution is 0.0965. The maximum Gasteiger partial charge on any atom is 0.352 e. The zero-order valence-electron chi connectivity index (χ0n) is 17.5. The highest BCUT2D eigenvalue weighted by molar-refractivity contribution is 5.97. The summed E-state index contributed by atoms with van der Waals surface area (Å²) in [4.78, 5) is 39.2. The van der Waals surface area contributed by atoms with E-state index in [9.17, 15) is 14.4 Å². The molecule has 0 unspecified atom stereocenters. The van der Waals surface area contributed by atoms with Gasteiger partial charge in [-0.1, -0.05) is 43.7 Å². The quantitative estimate of drug-likeness (QED) is 0.479. The number of rotatable bonds is 5. The van der Waals surface area contributed by atoms with Crippen LogP contribution in [-0.2, 0) is 13.1 Å². The molecule has 2 aromatic heterocycles. The van der Waals surface area contributed by atoms with Crippen molar-refractivity contribution < 1.29 is 4.79 Å². The smallest absolute Gasteiger partial charge is 0.292 e. The average molecular weight is 404 g/mol. The maximum atomic E-state index is 13.2. The second kappa shape index (κ2) is 7.40. The molecule has 2 aromatic carbocycles. The number of Topliss-reactive ketones (excluding diaryl/α,β-unsaturated/α-hetero) is 1. The van der Waals surface area contributed by atoms with Gasteiger partial charge in [0, 0.05) is 12.1 Å². The van der Waals surface area contributed by atoms with Gasteiger partial charge in [-0.3, -0.25) is 14.2 Å². The molecule has 154 valence electrons. The third-order valence-electron chi connectivity index (χ3n) is 5.22. The standard InChI is InChI=1S/C23H24N4O3/c1-14(2)12-25-21(29)17-7-5-6-8-19(17)27-22(25)24-26(23(27)30)13-20(28)18-11-15(3)9-10-16(18)4/h5-11,14H,12-13H2,1-4H3. The van der Waals surface area contributed by atoms with E-state index in [1.54, 1.807) is 24.3 Å². The molecule has 0 aliphatic carbocycles. The van der Waals surface area contributed by atoms with E-state index in [1.807, 2.05) is 45.9 Å². The van der Waals surface area contributed by atoms with Crippen molar-refractivity contribution >= 4 is 22.5 Å². The Balaban J connectivity index is 1.92. The normalized spacial score (nSPS) is 11.6. The maximum absolute atomic E-state index is 13.2. The van der Waals surface area contributed by atoms with Gasteiger partial charge in [0.2, 0.25) is 5.78 Å². The molecule has 0 spiro atoms. The summed E-state index contributed by atoms with van der Waals surface area (Å²) in [5, 5.41) is 4.86. The van der Waals surface area contributed by atoms with Gasteiger partial charge in [0.15, 0.2) is 5.78 Å². The van der Waals surface area contributed by atoms with Crippen molar-refractivity contribution in [3.05, 3.63) is 80.0 Å². The van der Waals surface area contributed by atoms with Crippen LogP contribution in [0.1, 0.15) is 35.3 Å². The van der Waals surface area contributed by atoms with Crippen molar-refractivity contribution in [3.8, 4) is 0 Å². The monoisotopic (exact) mass is 404 g/mol. The van der Waals surface area contributed by atoms with Crippen LogP contribution in [-0.4, -0.2) is 24.5 Å². The average Bonchev–Trinajstić information content (AvgIpc) is 3.03. The number of benzene rings is 2. The number of hydrogen-bond acceptors (Lipinski definition) is 4. The van der Waals surface area contributed by atoms with E-state index in [0.29, 0.717) is 23.0 Å². The molecule has 2 heterocycles. The van der Waals surface area contributed by atoms with Gasteiger partial charge in [-0.15, -0.1) is 5.10 Å². The predicted molar refractivity (Wildman–Crippen MR) is 116 cm³/mol. The first-order valence-electron chi connectivity index (χ1n) is 9.99. The van der Waals surface area contributed by atoms with Crippen LogP contribution in [0.3, 0.4) is 0 Å². The van der Waals surface area contributed by atoms with Crippen LogP contribution >= 0.6 is 0 Å². The van der Waals surface area contributed by atoms with Gasteiger partial charge in [-0.25, -0.2) is 13.9 Å². The molecule has 0 bridgehead atoms. The van der Waals surface area contributed by atoms with Gasteiger partial charge in [0.05, 0.1) is 10.9 Å². The van der Waals surface area contributed by atoms with Crippen molar-refractivity contribution in [1.29, 1.82) is 0 Å². The largest absolute Gasteiger partial charge is 0.352 e. The molecule has 4 rings (SSSR count). The van der Waals surface area contributed by atoms with Crippen LogP contribution in [0.2, 0.25) is 0 Å². The lowest BCUT2D eigenvalue weighted by atomic mass is 10.0. The molecule has 0 saturated carbocycles. The van der Waals surface area contributed by atoms with E-state index in [4.69, 9.17) is 0 Å². The minimum Gasteiger partial charge on any atom is -0.292 e. The minimum absolute atomic E-state index is 0.185. The van der Waals surface area contributed by atoms with E-state index < -0.39 is 5.69 Å². The molecular weight excluding hydrogens is 380 g/mol. The zero-order valence-corrected chi connectivity index (χ0v) is 17.5. The number of aryl methyl sites for hydroxylation is 2.